The van der Waals surface area contributed by atoms with Crippen molar-refractivity contribution in [3.05, 3.63) is 48.0 Å². The van der Waals surface area contributed by atoms with Gasteiger partial charge in [-0.3, -0.25) is 4.79 Å². The Morgan fingerprint density at radius 3 is 2.50 bits per heavy atom. The highest BCUT2D eigenvalue weighted by Crippen LogP contribution is 2.32. The first-order chi connectivity index (χ1) is 11.6. The minimum Gasteiger partial charge on any atom is -0.493 e. The van der Waals surface area contributed by atoms with Crippen LogP contribution in [0.2, 0.25) is 0 Å². The lowest BCUT2D eigenvalue weighted by Gasteiger charge is -2.12. The van der Waals surface area contributed by atoms with Crippen LogP contribution in [0.1, 0.15) is 25.8 Å². The summed E-state index contributed by atoms with van der Waals surface area (Å²) >= 11 is 0. The molecular weight excluding hydrogens is 304 g/mol. The molecule has 0 aliphatic carbocycles. The minimum absolute atomic E-state index is 0.0000649. The third kappa shape index (κ3) is 4.26. The summed E-state index contributed by atoms with van der Waals surface area (Å²) in [4.78, 5) is 11.9. The lowest BCUT2D eigenvalue weighted by Crippen LogP contribution is -2.19. The Labute approximate surface area is 141 Å². The lowest BCUT2D eigenvalue weighted by atomic mass is 10.1. The van der Waals surface area contributed by atoms with Crippen LogP contribution in [0.5, 0.6) is 17.2 Å². The fourth-order valence-electron chi connectivity index (χ4n) is 2.01. The number of hydrogen-bond acceptors (Lipinski definition) is 4. The fourth-order valence-corrected chi connectivity index (χ4v) is 2.01. The molecule has 2 aromatic rings. The number of anilines is 1. The second kappa shape index (κ2) is 8.02. The third-order valence-corrected chi connectivity index (χ3v) is 3.70. The van der Waals surface area contributed by atoms with Gasteiger partial charge in [-0.25, -0.2) is 0 Å². The topological polar surface area (TPSA) is 71.3 Å². The molecule has 24 heavy (non-hydrogen) atoms. The lowest BCUT2D eigenvalue weighted by molar-refractivity contribution is -0.119. The Bertz CT molecular complexity index is 748. The molecule has 0 aliphatic heterocycles. The molecule has 1 amide bonds. The smallest absolute Gasteiger partial charge is 0.227 e. The van der Waals surface area contributed by atoms with Gasteiger partial charge in [-0.1, -0.05) is 13.8 Å². The van der Waals surface area contributed by atoms with Gasteiger partial charge in [-0.05, 0) is 42.8 Å². The number of carbonyl (C=O) groups is 1. The van der Waals surface area contributed by atoms with E-state index in [1.165, 1.54) is 7.11 Å². The van der Waals surface area contributed by atoms with Gasteiger partial charge in [0.1, 0.15) is 5.75 Å². The molecule has 1 atom stereocenters. The van der Waals surface area contributed by atoms with Crippen molar-refractivity contribution >= 4 is 11.6 Å². The number of methoxy groups -OCH3 is 1. The second-order valence-electron chi connectivity index (χ2n) is 5.40. The maximum Gasteiger partial charge on any atom is 0.227 e. The van der Waals surface area contributed by atoms with E-state index < -0.39 is 0 Å². The summed E-state index contributed by atoms with van der Waals surface area (Å²) in [6, 6.07) is 14.1. The normalized spacial score (nSPS) is 11.2. The zero-order valence-electron chi connectivity index (χ0n) is 14.0. The Kier molecular flexibility index (Phi) is 5.80. The van der Waals surface area contributed by atoms with Crippen LogP contribution >= 0.6 is 0 Å². The van der Waals surface area contributed by atoms with E-state index in [0.717, 1.165) is 12.1 Å². The molecule has 0 heterocycles. The maximum atomic E-state index is 11.9. The zero-order valence-corrected chi connectivity index (χ0v) is 14.0. The van der Waals surface area contributed by atoms with Gasteiger partial charge in [-0.15, -0.1) is 0 Å². The summed E-state index contributed by atoms with van der Waals surface area (Å²) in [5, 5.41) is 11.8. The van der Waals surface area contributed by atoms with E-state index in [-0.39, 0.29) is 11.8 Å². The van der Waals surface area contributed by atoms with Crippen LogP contribution < -0.4 is 14.8 Å². The molecule has 0 bridgehead atoms. The van der Waals surface area contributed by atoms with Gasteiger partial charge in [0.15, 0.2) is 11.5 Å². The second-order valence-corrected chi connectivity index (χ2v) is 5.40. The Balaban J connectivity index is 2.09. The van der Waals surface area contributed by atoms with Crippen molar-refractivity contribution in [2.24, 2.45) is 5.92 Å². The van der Waals surface area contributed by atoms with Crippen LogP contribution in [0.4, 0.5) is 5.69 Å². The predicted octanol–water partition coefficient (Wildman–Crippen LogP) is 4.34. The quantitative estimate of drug-likeness (QED) is 0.858. The number of nitriles is 1. The molecule has 5 heteroatoms. The average Bonchev–Trinajstić information content (AvgIpc) is 2.62. The summed E-state index contributed by atoms with van der Waals surface area (Å²) in [6.07, 6.45) is 0.797. The number of nitrogens with one attached hydrogen (secondary N) is 1. The molecule has 0 aromatic heterocycles. The number of carbonyl (C=O) groups excluding carboxylic acids is 1. The number of amides is 1. The van der Waals surface area contributed by atoms with Crippen molar-refractivity contribution in [3.63, 3.8) is 0 Å². The highest BCUT2D eigenvalue weighted by atomic mass is 16.5. The van der Waals surface area contributed by atoms with Crippen LogP contribution in [-0.2, 0) is 4.79 Å². The molecule has 1 unspecified atom stereocenters. The molecule has 0 spiro atoms. The van der Waals surface area contributed by atoms with Crippen molar-refractivity contribution in [1.29, 1.82) is 5.26 Å². The maximum absolute atomic E-state index is 11.9. The summed E-state index contributed by atoms with van der Waals surface area (Å²) in [6.45, 7) is 3.87. The molecule has 1 N–H and O–H groups in total. The SMILES string of the molecule is CCC(C)C(=O)Nc1ccc(Oc2ccc(C#N)cc2OC)cc1. The molecule has 0 fully saturated rings. The molecule has 124 valence electrons. The molecule has 0 radical (unpaired) electrons. The van der Waals surface area contributed by atoms with Crippen molar-refractivity contribution in [3.8, 4) is 23.3 Å². The molecular formula is C19H20N2O3. The first-order valence-corrected chi connectivity index (χ1v) is 7.74. The van der Waals surface area contributed by atoms with E-state index in [0.29, 0.717) is 22.8 Å². The minimum atomic E-state index is -0.0242. The molecule has 2 aromatic carbocycles. The Hall–Kier alpha value is -3.00. The molecule has 2 rings (SSSR count). The Morgan fingerprint density at radius 2 is 1.92 bits per heavy atom. The third-order valence-electron chi connectivity index (χ3n) is 3.70. The van der Waals surface area contributed by atoms with Gasteiger partial charge in [0.25, 0.3) is 0 Å². The van der Waals surface area contributed by atoms with Crippen LogP contribution in [-0.4, -0.2) is 13.0 Å². The van der Waals surface area contributed by atoms with Gasteiger partial charge in [0.2, 0.25) is 5.91 Å². The molecule has 0 saturated carbocycles. The van der Waals surface area contributed by atoms with Gasteiger partial charge < -0.3 is 14.8 Å². The first-order valence-electron chi connectivity index (χ1n) is 7.74. The van der Waals surface area contributed by atoms with E-state index in [1.54, 1.807) is 42.5 Å². The highest BCUT2D eigenvalue weighted by molar-refractivity contribution is 5.92. The largest absolute Gasteiger partial charge is 0.493 e. The summed E-state index contributed by atoms with van der Waals surface area (Å²) in [7, 11) is 1.52. The van der Waals surface area contributed by atoms with Gasteiger partial charge in [0.05, 0.1) is 18.7 Å². The standard InChI is InChI=1S/C19H20N2O3/c1-4-13(2)19(22)21-15-6-8-16(9-7-15)24-17-10-5-14(12-20)11-18(17)23-3/h5-11,13H,4H2,1-3H3,(H,21,22). The summed E-state index contributed by atoms with van der Waals surface area (Å²) in [5.41, 5.74) is 1.22. The number of rotatable bonds is 6. The van der Waals surface area contributed by atoms with Crippen LogP contribution in [0, 0.1) is 17.2 Å². The van der Waals surface area contributed by atoms with Crippen molar-refractivity contribution in [2.45, 2.75) is 20.3 Å². The van der Waals surface area contributed by atoms with Gasteiger partial charge in [-0.2, -0.15) is 5.26 Å². The number of ether oxygens (including phenoxy) is 2. The number of nitrogens with zero attached hydrogens (tertiary/aromatic N) is 1. The van der Waals surface area contributed by atoms with Crippen molar-refractivity contribution in [2.75, 3.05) is 12.4 Å². The molecule has 5 nitrogen and oxygen atoms in total. The van der Waals surface area contributed by atoms with Crippen molar-refractivity contribution in [1.82, 2.24) is 0 Å². The summed E-state index contributed by atoms with van der Waals surface area (Å²) in [5.74, 6) is 1.60. The van der Waals surface area contributed by atoms with E-state index in [4.69, 9.17) is 14.7 Å². The van der Waals surface area contributed by atoms with E-state index >= 15 is 0 Å². The van der Waals surface area contributed by atoms with E-state index in [9.17, 15) is 4.79 Å². The summed E-state index contributed by atoms with van der Waals surface area (Å²) < 4.78 is 11.0. The molecule has 0 saturated heterocycles. The Morgan fingerprint density at radius 1 is 1.21 bits per heavy atom. The van der Waals surface area contributed by atoms with E-state index in [1.807, 2.05) is 13.8 Å². The van der Waals surface area contributed by atoms with Gasteiger partial charge >= 0.3 is 0 Å². The van der Waals surface area contributed by atoms with Crippen molar-refractivity contribution < 1.29 is 14.3 Å². The first kappa shape index (κ1) is 17.4. The van der Waals surface area contributed by atoms with Crippen LogP contribution in [0.25, 0.3) is 0 Å². The van der Waals surface area contributed by atoms with Gasteiger partial charge in [0, 0.05) is 17.7 Å². The molecule has 0 aliphatic rings. The monoisotopic (exact) mass is 324 g/mol. The van der Waals surface area contributed by atoms with Crippen LogP contribution in [0.15, 0.2) is 42.5 Å². The fraction of sp³-hybridized carbons (Fsp3) is 0.263. The van der Waals surface area contributed by atoms with Crippen LogP contribution in [0.3, 0.4) is 0 Å². The highest BCUT2D eigenvalue weighted by Gasteiger charge is 2.11. The number of benzene rings is 2. The number of hydrogen-bond donors (Lipinski definition) is 1. The van der Waals surface area contributed by atoms with E-state index in [2.05, 4.69) is 11.4 Å². The predicted molar refractivity (Wildman–Crippen MR) is 92.3 cm³/mol. The zero-order chi connectivity index (χ0) is 17.5. The average molecular weight is 324 g/mol.